The van der Waals surface area contributed by atoms with Crippen LogP contribution in [0.4, 0.5) is 14.9 Å². The van der Waals surface area contributed by atoms with E-state index in [9.17, 15) is 9.18 Å². The third kappa shape index (κ3) is 3.85. The van der Waals surface area contributed by atoms with Crippen molar-refractivity contribution in [3.63, 3.8) is 0 Å². The third-order valence-electron chi connectivity index (χ3n) is 2.07. The molecule has 1 N–H and O–H groups in total. The predicted octanol–water partition coefficient (Wildman–Crippen LogP) is 3.05. The lowest BCUT2D eigenvalue weighted by Gasteiger charge is -2.20. The van der Waals surface area contributed by atoms with Crippen molar-refractivity contribution in [1.29, 1.82) is 5.26 Å². The van der Waals surface area contributed by atoms with Gasteiger partial charge in [-0.3, -0.25) is 5.32 Å². The molecule has 0 atom stereocenters. The molecule has 1 rings (SSSR count). The summed E-state index contributed by atoms with van der Waals surface area (Å²) in [5.41, 5.74) is -1.09. The number of hydrogen-bond donors (Lipinski definition) is 1. The Morgan fingerprint density at radius 3 is 2.53 bits per heavy atom. The van der Waals surface area contributed by atoms with Gasteiger partial charge in [0.25, 0.3) is 0 Å². The SMILES string of the molecule is COc1ccc(NC(=O)OC(C)(C)C)c(F)c1C#N. The van der Waals surface area contributed by atoms with Gasteiger partial charge in [0.2, 0.25) is 0 Å². The summed E-state index contributed by atoms with van der Waals surface area (Å²) in [6.45, 7) is 5.08. The molecule has 5 nitrogen and oxygen atoms in total. The fourth-order valence-electron chi connectivity index (χ4n) is 1.34. The number of amides is 1. The van der Waals surface area contributed by atoms with Crippen LogP contribution in [-0.4, -0.2) is 18.8 Å². The van der Waals surface area contributed by atoms with E-state index in [-0.39, 0.29) is 17.0 Å². The molecule has 0 aliphatic carbocycles. The standard InChI is InChI=1S/C13H15FN2O3/c1-13(2,3)19-12(17)16-9-5-6-10(18-4)8(7-15)11(9)14/h5-6H,1-4H3,(H,16,17). The van der Waals surface area contributed by atoms with Crippen LogP contribution in [0.1, 0.15) is 26.3 Å². The maximum absolute atomic E-state index is 13.9. The summed E-state index contributed by atoms with van der Waals surface area (Å²) in [6.07, 6.45) is -0.791. The van der Waals surface area contributed by atoms with E-state index in [1.54, 1.807) is 26.8 Å². The number of carbonyl (C=O) groups excluding carboxylic acids is 1. The number of hydrogen-bond acceptors (Lipinski definition) is 4. The molecule has 102 valence electrons. The monoisotopic (exact) mass is 266 g/mol. The highest BCUT2D eigenvalue weighted by atomic mass is 19.1. The number of nitrogens with one attached hydrogen (secondary N) is 1. The minimum absolute atomic E-state index is 0.106. The first-order chi connectivity index (χ1) is 8.78. The van der Waals surface area contributed by atoms with Crippen molar-refractivity contribution in [2.45, 2.75) is 26.4 Å². The number of methoxy groups -OCH3 is 1. The van der Waals surface area contributed by atoms with E-state index in [0.717, 1.165) is 0 Å². The first kappa shape index (κ1) is 14.8. The molecule has 0 aliphatic rings. The topological polar surface area (TPSA) is 71.3 Å². The van der Waals surface area contributed by atoms with Crippen molar-refractivity contribution in [1.82, 2.24) is 0 Å². The fraction of sp³-hybridized carbons (Fsp3) is 0.385. The lowest BCUT2D eigenvalue weighted by atomic mass is 10.1. The molecule has 0 bridgehead atoms. The Morgan fingerprint density at radius 1 is 1.42 bits per heavy atom. The highest BCUT2D eigenvalue weighted by molar-refractivity contribution is 5.85. The van der Waals surface area contributed by atoms with Gasteiger partial charge in [-0.05, 0) is 32.9 Å². The highest BCUT2D eigenvalue weighted by Gasteiger charge is 2.19. The van der Waals surface area contributed by atoms with E-state index < -0.39 is 17.5 Å². The maximum Gasteiger partial charge on any atom is 0.412 e. The summed E-state index contributed by atoms with van der Waals surface area (Å²) < 4.78 is 23.8. The van der Waals surface area contributed by atoms with Crippen LogP contribution in [-0.2, 0) is 4.74 Å². The predicted molar refractivity (Wildman–Crippen MR) is 67.5 cm³/mol. The van der Waals surface area contributed by atoms with E-state index in [2.05, 4.69) is 5.32 Å². The minimum atomic E-state index is -0.854. The van der Waals surface area contributed by atoms with Crippen LogP contribution in [0.3, 0.4) is 0 Å². The van der Waals surface area contributed by atoms with Crippen LogP contribution >= 0.6 is 0 Å². The van der Waals surface area contributed by atoms with Crippen LogP contribution in [0.5, 0.6) is 5.75 Å². The average Bonchev–Trinajstić information content (AvgIpc) is 2.29. The van der Waals surface area contributed by atoms with Gasteiger partial charge >= 0.3 is 6.09 Å². The van der Waals surface area contributed by atoms with Crippen molar-refractivity contribution >= 4 is 11.8 Å². The van der Waals surface area contributed by atoms with E-state index in [1.165, 1.54) is 19.2 Å². The molecule has 0 saturated heterocycles. The first-order valence-corrected chi connectivity index (χ1v) is 5.55. The average molecular weight is 266 g/mol. The second-order valence-electron chi connectivity index (χ2n) is 4.74. The van der Waals surface area contributed by atoms with Crippen LogP contribution < -0.4 is 10.1 Å². The lowest BCUT2D eigenvalue weighted by molar-refractivity contribution is 0.0635. The summed E-state index contributed by atoms with van der Waals surface area (Å²) in [5.74, 6) is -0.748. The normalized spacial score (nSPS) is 10.5. The molecule has 0 heterocycles. The Morgan fingerprint density at radius 2 is 2.05 bits per heavy atom. The third-order valence-corrected chi connectivity index (χ3v) is 2.07. The molecule has 19 heavy (non-hydrogen) atoms. The molecular weight excluding hydrogens is 251 g/mol. The van der Waals surface area contributed by atoms with Gasteiger partial charge in [-0.1, -0.05) is 0 Å². The van der Waals surface area contributed by atoms with Gasteiger partial charge in [-0.25, -0.2) is 9.18 Å². The van der Waals surface area contributed by atoms with Crippen molar-refractivity contribution in [2.24, 2.45) is 0 Å². The highest BCUT2D eigenvalue weighted by Crippen LogP contribution is 2.27. The van der Waals surface area contributed by atoms with E-state index in [1.807, 2.05) is 0 Å². The first-order valence-electron chi connectivity index (χ1n) is 5.55. The molecular formula is C13H15FN2O3. The molecule has 0 unspecified atom stereocenters. The Balaban J connectivity index is 2.98. The number of nitrogens with zero attached hydrogens (tertiary/aromatic N) is 1. The Kier molecular flexibility index (Phi) is 4.33. The van der Waals surface area contributed by atoms with Crippen LogP contribution in [0, 0.1) is 17.1 Å². The summed E-state index contributed by atoms with van der Waals surface area (Å²) in [7, 11) is 1.33. The molecule has 0 fully saturated rings. The summed E-state index contributed by atoms with van der Waals surface area (Å²) in [4.78, 5) is 11.5. The van der Waals surface area contributed by atoms with E-state index in [0.29, 0.717) is 0 Å². The zero-order chi connectivity index (χ0) is 14.6. The van der Waals surface area contributed by atoms with Crippen LogP contribution in [0.25, 0.3) is 0 Å². The van der Waals surface area contributed by atoms with Gasteiger partial charge in [0.15, 0.2) is 5.82 Å². The number of ether oxygens (including phenoxy) is 2. The summed E-state index contributed by atoms with van der Waals surface area (Å²) in [5, 5.41) is 11.1. The van der Waals surface area contributed by atoms with Gasteiger partial charge in [-0.2, -0.15) is 5.26 Å². The second kappa shape index (κ2) is 5.57. The van der Waals surface area contributed by atoms with Crippen molar-refractivity contribution < 1.29 is 18.7 Å². The van der Waals surface area contributed by atoms with Gasteiger partial charge in [0.1, 0.15) is 23.0 Å². The smallest absolute Gasteiger partial charge is 0.412 e. The zero-order valence-corrected chi connectivity index (χ0v) is 11.2. The van der Waals surface area contributed by atoms with Gasteiger partial charge in [0.05, 0.1) is 12.8 Å². The molecule has 6 heteroatoms. The Hall–Kier alpha value is -2.29. The number of carbonyl (C=O) groups is 1. The van der Waals surface area contributed by atoms with Gasteiger partial charge in [-0.15, -0.1) is 0 Å². The molecule has 0 saturated carbocycles. The number of benzene rings is 1. The summed E-state index contributed by atoms with van der Waals surface area (Å²) >= 11 is 0. The molecule has 1 aromatic rings. The quantitative estimate of drug-likeness (QED) is 0.893. The molecule has 0 aliphatic heterocycles. The van der Waals surface area contributed by atoms with Crippen LogP contribution in [0.2, 0.25) is 0 Å². The number of halogens is 1. The fourth-order valence-corrected chi connectivity index (χ4v) is 1.34. The van der Waals surface area contributed by atoms with Crippen molar-refractivity contribution in [3.8, 4) is 11.8 Å². The number of rotatable bonds is 2. The molecule has 1 aromatic carbocycles. The lowest BCUT2D eigenvalue weighted by Crippen LogP contribution is -2.27. The zero-order valence-electron chi connectivity index (χ0n) is 11.2. The molecule has 0 radical (unpaired) electrons. The van der Waals surface area contributed by atoms with Gasteiger partial charge < -0.3 is 9.47 Å². The van der Waals surface area contributed by atoms with Gasteiger partial charge in [0, 0.05) is 0 Å². The maximum atomic E-state index is 13.9. The van der Waals surface area contributed by atoms with Crippen LogP contribution in [0.15, 0.2) is 12.1 Å². The number of anilines is 1. The minimum Gasteiger partial charge on any atom is -0.495 e. The van der Waals surface area contributed by atoms with Crippen molar-refractivity contribution in [3.05, 3.63) is 23.5 Å². The Bertz CT molecular complexity index is 530. The number of nitriles is 1. The summed E-state index contributed by atoms with van der Waals surface area (Å²) in [6, 6.07) is 4.39. The largest absolute Gasteiger partial charge is 0.495 e. The van der Waals surface area contributed by atoms with E-state index in [4.69, 9.17) is 14.7 Å². The molecule has 0 spiro atoms. The molecule has 0 aromatic heterocycles. The Labute approximate surface area is 110 Å². The second-order valence-corrected chi connectivity index (χ2v) is 4.74. The van der Waals surface area contributed by atoms with E-state index >= 15 is 0 Å². The molecule has 1 amide bonds. The van der Waals surface area contributed by atoms with Crippen molar-refractivity contribution in [2.75, 3.05) is 12.4 Å².